The molecule has 0 atom stereocenters. The van der Waals surface area contributed by atoms with E-state index in [-0.39, 0.29) is 5.91 Å². The van der Waals surface area contributed by atoms with Crippen LogP contribution in [0.1, 0.15) is 21.6 Å². The van der Waals surface area contributed by atoms with Crippen molar-refractivity contribution in [3.05, 3.63) is 101 Å². The summed E-state index contributed by atoms with van der Waals surface area (Å²) in [5.41, 5.74) is 5.23. The summed E-state index contributed by atoms with van der Waals surface area (Å²) in [4.78, 5) is 24.9. The van der Waals surface area contributed by atoms with Gasteiger partial charge in [0.1, 0.15) is 5.75 Å². The van der Waals surface area contributed by atoms with Crippen molar-refractivity contribution >= 4 is 17.5 Å². The van der Waals surface area contributed by atoms with Gasteiger partial charge in [0.25, 0.3) is 5.91 Å². The third kappa shape index (κ3) is 4.20. The highest BCUT2D eigenvalue weighted by Gasteiger charge is 2.27. The highest BCUT2D eigenvalue weighted by Crippen LogP contribution is 2.32. The fourth-order valence-electron chi connectivity index (χ4n) is 4.10. The first-order valence-corrected chi connectivity index (χ1v) is 11.2. The molecular formula is C27H22ClN3O2. The Morgan fingerprint density at radius 1 is 0.909 bits per heavy atom. The van der Waals surface area contributed by atoms with Crippen LogP contribution in [0, 0.1) is 0 Å². The van der Waals surface area contributed by atoms with E-state index in [4.69, 9.17) is 26.3 Å². The normalized spacial score (nSPS) is 12.8. The lowest BCUT2D eigenvalue weighted by Crippen LogP contribution is -2.37. The smallest absolute Gasteiger partial charge is 0.255 e. The molecule has 3 aromatic carbocycles. The van der Waals surface area contributed by atoms with Crippen molar-refractivity contribution in [1.29, 1.82) is 0 Å². The molecule has 0 saturated heterocycles. The molecule has 6 heteroatoms. The summed E-state index contributed by atoms with van der Waals surface area (Å²) < 4.78 is 5.28. The Morgan fingerprint density at radius 3 is 2.36 bits per heavy atom. The minimum absolute atomic E-state index is 0.0792. The van der Waals surface area contributed by atoms with Crippen molar-refractivity contribution < 1.29 is 9.53 Å². The Balaban J connectivity index is 1.57. The van der Waals surface area contributed by atoms with Crippen molar-refractivity contribution in [1.82, 2.24) is 14.9 Å². The number of benzene rings is 3. The summed E-state index contributed by atoms with van der Waals surface area (Å²) in [6.07, 6.45) is 0.650. The van der Waals surface area contributed by atoms with Gasteiger partial charge in [-0.3, -0.25) is 4.79 Å². The number of fused-ring (bicyclic) bond motifs is 1. The Labute approximate surface area is 197 Å². The molecule has 0 spiro atoms. The number of aromatic nitrogens is 2. The largest absolute Gasteiger partial charge is 0.497 e. The van der Waals surface area contributed by atoms with Gasteiger partial charge in [-0.15, -0.1) is 0 Å². The number of ether oxygens (including phenoxy) is 1. The van der Waals surface area contributed by atoms with Crippen LogP contribution >= 0.6 is 11.6 Å². The summed E-state index contributed by atoms with van der Waals surface area (Å²) in [5, 5.41) is 0.461. The number of halogens is 1. The monoisotopic (exact) mass is 455 g/mol. The number of methoxy groups -OCH3 is 1. The zero-order valence-electron chi connectivity index (χ0n) is 18.2. The van der Waals surface area contributed by atoms with Crippen LogP contribution in [-0.4, -0.2) is 34.4 Å². The van der Waals surface area contributed by atoms with E-state index < -0.39 is 0 Å². The van der Waals surface area contributed by atoms with E-state index >= 15 is 0 Å². The predicted octanol–water partition coefficient (Wildman–Crippen LogP) is 5.67. The van der Waals surface area contributed by atoms with Crippen molar-refractivity contribution in [2.24, 2.45) is 0 Å². The summed E-state index contributed by atoms with van der Waals surface area (Å²) in [6, 6.07) is 24.9. The molecular weight excluding hydrogens is 434 g/mol. The number of amides is 1. The fourth-order valence-corrected chi connectivity index (χ4v) is 4.31. The van der Waals surface area contributed by atoms with Crippen LogP contribution in [0.15, 0.2) is 78.9 Å². The Bertz CT molecular complexity index is 1310. The van der Waals surface area contributed by atoms with Gasteiger partial charge in [0.05, 0.1) is 29.1 Å². The topological polar surface area (TPSA) is 55.3 Å². The quantitative estimate of drug-likeness (QED) is 0.397. The summed E-state index contributed by atoms with van der Waals surface area (Å²) in [6.45, 7) is 1.01. The van der Waals surface area contributed by atoms with Gasteiger partial charge in [0.2, 0.25) is 0 Å². The lowest BCUT2D eigenvalue weighted by molar-refractivity contribution is 0.0734. The van der Waals surface area contributed by atoms with Gasteiger partial charge in [0, 0.05) is 36.2 Å². The standard InChI is InChI=1S/C27H22ClN3O2/c1-33-20-13-11-19(12-14-20)26-29-24-15-16-31(27(32)21-9-5-6-10-23(21)28)17-22(24)25(30-26)18-7-3-2-4-8-18/h2-14H,15-17H2,1H3. The predicted molar refractivity (Wildman–Crippen MR) is 129 cm³/mol. The Kier molecular flexibility index (Phi) is 5.80. The third-order valence-corrected chi connectivity index (χ3v) is 6.18. The first kappa shape index (κ1) is 21.2. The number of carbonyl (C=O) groups excluding carboxylic acids is 1. The van der Waals surface area contributed by atoms with Crippen LogP contribution < -0.4 is 4.74 Å². The summed E-state index contributed by atoms with van der Waals surface area (Å²) >= 11 is 6.29. The molecule has 0 N–H and O–H groups in total. The molecule has 5 nitrogen and oxygen atoms in total. The molecule has 0 unspecified atom stereocenters. The summed E-state index contributed by atoms with van der Waals surface area (Å²) in [7, 11) is 1.65. The minimum atomic E-state index is -0.0792. The van der Waals surface area contributed by atoms with Gasteiger partial charge in [0.15, 0.2) is 5.82 Å². The highest BCUT2D eigenvalue weighted by molar-refractivity contribution is 6.33. The van der Waals surface area contributed by atoms with Gasteiger partial charge in [-0.05, 0) is 36.4 Å². The zero-order valence-corrected chi connectivity index (χ0v) is 18.9. The third-order valence-electron chi connectivity index (χ3n) is 5.85. The first-order valence-electron chi connectivity index (χ1n) is 10.8. The van der Waals surface area contributed by atoms with Gasteiger partial charge in [-0.25, -0.2) is 9.97 Å². The second-order valence-electron chi connectivity index (χ2n) is 7.87. The van der Waals surface area contributed by atoms with Crippen LogP contribution in [0.5, 0.6) is 5.75 Å². The van der Waals surface area contributed by atoms with Crippen molar-refractivity contribution in [3.63, 3.8) is 0 Å². The molecule has 0 aliphatic carbocycles. The number of hydrogen-bond donors (Lipinski definition) is 0. The maximum absolute atomic E-state index is 13.2. The molecule has 5 rings (SSSR count). The fraction of sp³-hybridized carbons (Fsp3) is 0.148. The second kappa shape index (κ2) is 9.04. The Hall–Kier alpha value is -3.70. The lowest BCUT2D eigenvalue weighted by Gasteiger charge is -2.30. The second-order valence-corrected chi connectivity index (χ2v) is 8.28. The average molecular weight is 456 g/mol. The van der Waals surface area contributed by atoms with Crippen molar-refractivity contribution in [2.75, 3.05) is 13.7 Å². The molecule has 4 aromatic rings. The molecule has 164 valence electrons. The maximum Gasteiger partial charge on any atom is 0.255 e. The minimum Gasteiger partial charge on any atom is -0.497 e. The van der Waals surface area contributed by atoms with E-state index in [1.165, 1.54) is 0 Å². The Morgan fingerprint density at radius 2 is 1.64 bits per heavy atom. The molecule has 1 aromatic heterocycles. The van der Waals surface area contributed by atoms with Crippen molar-refractivity contribution in [3.8, 4) is 28.4 Å². The van der Waals surface area contributed by atoms with E-state index in [1.54, 1.807) is 19.2 Å². The SMILES string of the molecule is COc1ccc(-c2nc3c(c(-c4ccccc4)n2)CN(C(=O)c2ccccc2Cl)CC3)cc1. The molecule has 1 aliphatic rings. The zero-order chi connectivity index (χ0) is 22.8. The molecule has 33 heavy (non-hydrogen) atoms. The van der Waals surface area contributed by atoms with Gasteiger partial charge in [-0.2, -0.15) is 0 Å². The number of nitrogens with zero attached hydrogens (tertiary/aromatic N) is 3. The van der Waals surface area contributed by atoms with Gasteiger partial charge >= 0.3 is 0 Å². The number of hydrogen-bond acceptors (Lipinski definition) is 4. The van der Waals surface area contributed by atoms with Gasteiger partial charge in [-0.1, -0.05) is 54.1 Å². The van der Waals surface area contributed by atoms with E-state index in [0.717, 1.165) is 33.8 Å². The number of rotatable bonds is 4. The maximum atomic E-state index is 13.2. The lowest BCUT2D eigenvalue weighted by atomic mass is 9.98. The van der Waals surface area contributed by atoms with E-state index in [9.17, 15) is 4.79 Å². The van der Waals surface area contributed by atoms with Crippen LogP contribution in [0.25, 0.3) is 22.6 Å². The first-order chi connectivity index (χ1) is 16.1. The van der Waals surface area contributed by atoms with E-state index in [1.807, 2.05) is 71.6 Å². The van der Waals surface area contributed by atoms with Crippen LogP contribution in [0.2, 0.25) is 5.02 Å². The average Bonchev–Trinajstić information content (AvgIpc) is 2.88. The van der Waals surface area contributed by atoms with E-state index in [2.05, 4.69) is 0 Å². The van der Waals surface area contributed by atoms with Crippen LogP contribution in [0.3, 0.4) is 0 Å². The van der Waals surface area contributed by atoms with E-state index in [0.29, 0.717) is 35.9 Å². The number of carbonyl (C=O) groups is 1. The van der Waals surface area contributed by atoms with Gasteiger partial charge < -0.3 is 9.64 Å². The van der Waals surface area contributed by atoms with Crippen LogP contribution in [0.4, 0.5) is 0 Å². The van der Waals surface area contributed by atoms with Crippen molar-refractivity contribution in [2.45, 2.75) is 13.0 Å². The molecule has 0 fully saturated rings. The molecule has 1 amide bonds. The highest BCUT2D eigenvalue weighted by atomic mass is 35.5. The molecule has 0 saturated carbocycles. The van der Waals surface area contributed by atoms with Crippen LogP contribution in [-0.2, 0) is 13.0 Å². The summed E-state index contributed by atoms with van der Waals surface area (Å²) in [5.74, 6) is 1.37. The molecule has 2 heterocycles. The molecule has 1 aliphatic heterocycles. The molecule has 0 bridgehead atoms. The molecule has 0 radical (unpaired) electrons.